The fourth-order valence-corrected chi connectivity index (χ4v) is 2.50. The normalized spacial score (nSPS) is 19.6. The van der Waals surface area contributed by atoms with Gasteiger partial charge in [0.15, 0.2) is 5.69 Å². The lowest BCUT2D eigenvalue weighted by Crippen LogP contribution is -2.39. The SMILES string of the molecule is Cn1cnnc1C1CCCN(C(=O)c2cn[nH]n2)C1. The number of aromatic amines is 1. The number of rotatable bonds is 2. The van der Waals surface area contributed by atoms with E-state index >= 15 is 0 Å². The smallest absolute Gasteiger partial charge is 0.276 e. The molecular weight excluding hydrogens is 246 g/mol. The molecule has 1 aliphatic rings. The molecule has 0 bridgehead atoms. The van der Waals surface area contributed by atoms with Crippen LogP contribution in [0.3, 0.4) is 0 Å². The molecule has 0 spiro atoms. The Morgan fingerprint density at radius 3 is 3.11 bits per heavy atom. The first-order valence-corrected chi connectivity index (χ1v) is 6.24. The van der Waals surface area contributed by atoms with E-state index in [-0.39, 0.29) is 11.8 Å². The van der Waals surface area contributed by atoms with Crippen LogP contribution >= 0.6 is 0 Å². The summed E-state index contributed by atoms with van der Waals surface area (Å²) in [6, 6.07) is 0. The van der Waals surface area contributed by atoms with Gasteiger partial charge >= 0.3 is 0 Å². The van der Waals surface area contributed by atoms with Gasteiger partial charge in [0.2, 0.25) is 0 Å². The maximum absolute atomic E-state index is 12.2. The second-order valence-corrected chi connectivity index (χ2v) is 4.75. The van der Waals surface area contributed by atoms with E-state index in [1.165, 1.54) is 6.20 Å². The van der Waals surface area contributed by atoms with Crippen molar-refractivity contribution in [3.05, 3.63) is 24.0 Å². The van der Waals surface area contributed by atoms with Crippen LogP contribution < -0.4 is 0 Å². The van der Waals surface area contributed by atoms with Gasteiger partial charge in [-0.2, -0.15) is 15.4 Å². The van der Waals surface area contributed by atoms with E-state index in [0.717, 1.165) is 25.2 Å². The van der Waals surface area contributed by atoms with Crippen molar-refractivity contribution in [2.75, 3.05) is 13.1 Å². The number of hydrogen-bond donors (Lipinski definition) is 1. The molecule has 3 rings (SSSR count). The van der Waals surface area contributed by atoms with E-state index in [2.05, 4.69) is 25.6 Å². The molecule has 3 heterocycles. The fraction of sp³-hybridized carbons (Fsp3) is 0.545. The monoisotopic (exact) mass is 261 g/mol. The highest BCUT2D eigenvalue weighted by molar-refractivity contribution is 5.91. The minimum absolute atomic E-state index is 0.0828. The minimum atomic E-state index is -0.0828. The maximum atomic E-state index is 12.2. The molecule has 0 saturated carbocycles. The third-order valence-corrected chi connectivity index (χ3v) is 3.45. The van der Waals surface area contributed by atoms with Crippen LogP contribution in [0.5, 0.6) is 0 Å². The molecule has 1 atom stereocenters. The molecule has 1 fully saturated rings. The van der Waals surface area contributed by atoms with Gasteiger partial charge in [-0.25, -0.2) is 0 Å². The second-order valence-electron chi connectivity index (χ2n) is 4.75. The second kappa shape index (κ2) is 4.79. The van der Waals surface area contributed by atoms with E-state index in [4.69, 9.17) is 0 Å². The van der Waals surface area contributed by atoms with Crippen LogP contribution in [-0.2, 0) is 7.05 Å². The first-order chi connectivity index (χ1) is 9.25. The fourth-order valence-electron chi connectivity index (χ4n) is 2.50. The number of nitrogens with zero attached hydrogens (tertiary/aromatic N) is 6. The topological polar surface area (TPSA) is 92.6 Å². The molecule has 1 N–H and O–H groups in total. The highest BCUT2D eigenvalue weighted by Gasteiger charge is 2.28. The summed E-state index contributed by atoms with van der Waals surface area (Å²) in [5, 5.41) is 18.0. The molecule has 0 radical (unpaired) electrons. The predicted octanol–water partition coefficient (Wildman–Crippen LogP) is -0.0470. The van der Waals surface area contributed by atoms with Gasteiger partial charge in [-0.3, -0.25) is 4.79 Å². The molecule has 1 saturated heterocycles. The van der Waals surface area contributed by atoms with Crippen molar-refractivity contribution in [1.29, 1.82) is 0 Å². The quantitative estimate of drug-likeness (QED) is 0.818. The van der Waals surface area contributed by atoms with Gasteiger partial charge in [0, 0.05) is 26.1 Å². The van der Waals surface area contributed by atoms with Gasteiger partial charge < -0.3 is 9.47 Å². The third-order valence-electron chi connectivity index (χ3n) is 3.45. The van der Waals surface area contributed by atoms with Crippen molar-refractivity contribution in [3.8, 4) is 0 Å². The molecule has 19 heavy (non-hydrogen) atoms. The number of aromatic nitrogens is 6. The summed E-state index contributed by atoms with van der Waals surface area (Å²) in [7, 11) is 1.92. The molecule has 0 aromatic carbocycles. The van der Waals surface area contributed by atoms with E-state index in [9.17, 15) is 4.79 Å². The van der Waals surface area contributed by atoms with Crippen molar-refractivity contribution in [3.63, 3.8) is 0 Å². The zero-order chi connectivity index (χ0) is 13.2. The van der Waals surface area contributed by atoms with E-state index < -0.39 is 0 Å². The molecular formula is C11H15N7O. The van der Waals surface area contributed by atoms with Crippen LogP contribution in [0.4, 0.5) is 0 Å². The Morgan fingerprint density at radius 2 is 2.42 bits per heavy atom. The van der Waals surface area contributed by atoms with Gasteiger partial charge in [-0.15, -0.1) is 10.2 Å². The first-order valence-electron chi connectivity index (χ1n) is 6.24. The molecule has 8 nitrogen and oxygen atoms in total. The summed E-state index contributed by atoms with van der Waals surface area (Å²) in [6.07, 6.45) is 5.12. The van der Waals surface area contributed by atoms with E-state index in [1.807, 2.05) is 11.6 Å². The molecule has 1 amide bonds. The minimum Gasteiger partial charge on any atom is -0.336 e. The Balaban J connectivity index is 1.75. The summed E-state index contributed by atoms with van der Waals surface area (Å²) >= 11 is 0. The standard InChI is InChI=1S/C11H15N7O/c1-17-7-13-15-10(17)8-3-2-4-18(6-8)11(19)9-5-12-16-14-9/h5,7-8H,2-4,6H2,1H3,(H,12,14,16). The van der Waals surface area contributed by atoms with Crippen molar-refractivity contribution >= 4 is 5.91 Å². The number of carbonyl (C=O) groups is 1. The number of likely N-dealkylation sites (tertiary alicyclic amines) is 1. The summed E-state index contributed by atoms with van der Waals surface area (Å²) in [5.41, 5.74) is 0.360. The zero-order valence-corrected chi connectivity index (χ0v) is 10.7. The number of piperidine rings is 1. The summed E-state index contributed by atoms with van der Waals surface area (Å²) < 4.78 is 1.91. The average molecular weight is 261 g/mol. The van der Waals surface area contributed by atoms with Crippen molar-refractivity contribution in [1.82, 2.24) is 35.1 Å². The highest BCUT2D eigenvalue weighted by Crippen LogP contribution is 2.25. The molecule has 2 aromatic rings. The van der Waals surface area contributed by atoms with Crippen LogP contribution in [0.1, 0.15) is 35.1 Å². The number of amides is 1. The van der Waals surface area contributed by atoms with E-state index in [0.29, 0.717) is 12.2 Å². The molecule has 1 aliphatic heterocycles. The molecule has 100 valence electrons. The molecule has 2 aromatic heterocycles. The lowest BCUT2D eigenvalue weighted by molar-refractivity contribution is 0.0697. The number of nitrogens with one attached hydrogen (secondary N) is 1. The summed E-state index contributed by atoms with van der Waals surface area (Å²) in [6.45, 7) is 1.40. The van der Waals surface area contributed by atoms with Gasteiger partial charge in [-0.05, 0) is 12.8 Å². The third kappa shape index (κ3) is 2.20. The molecule has 8 heteroatoms. The Labute approximate surface area is 109 Å². The average Bonchev–Trinajstić information content (AvgIpc) is 3.09. The van der Waals surface area contributed by atoms with Crippen LogP contribution in [0.25, 0.3) is 0 Å². The van der Waals surface area contributed by atoms with Gasteiger partial charge in [0.1, 0.15) is 12.2 Å². The Bertz CT molecular complexity index is 561. The first kappa shape index (κ1) is 11.8. The highest BCUT2D eigenvalue weighted by atomic mass is 16.2. The Hall–Kier alpha value is -2.25. The lowest BCUT2D eigenvalue weighted by Gasteiger charge is -2.31. The van der Waals surface area contributed by atoms with Crippen molar-refractivity contribution in [2.24, 2.45) is 7.05 Å². The number of H-pyrrole nitrogens is 1. The van der Waals surface area contributed by atoms with Crippen molar-refractivity contribution < 1.29 is 4.79 Å². The zero-order valence-electron chi connectivity index (χ0n) is 10.7. The Kier molecular flexibility index (Phi) is 2.98. The van der Waals surface area contributed by atoms with Crippen LogP contribution in [0, 0.1) is 0 Å². The predicted molar refractivity (Wildman–Crippen MR) is 65.3 cm³/mol. The van der Waals surface area contributed by atoms with Crippen LogP contribution in [-0.4, -0.2) is 54.1 Å². The Morgan fingerprint density at radius 1 is 1.53 bits per heavy atom. The largest absolute Gasteiger partial charge is 0.336 e. The van der Waals surface area contributed by atoms with Crippen molar-refractivity contribution in [2.45, 2.75) is 18.8 Å². The number of carbonyl (C=O) groups excluding carboxylic acids is 1. The molecule has 0 aliphatic carbocycles. The van der Waals surface area contributed by atoms with Gasteiger partial charge in [-0.1, -0.05) is 0 Å². The number of hydrogen-bond acceptors (Lipinski definition) is 5. The summed E-state index contributed by atoms with van der Waals surface area (Å²) in [4.78, 5) is 14.0. The maximum Gasteiger partial charge on any atom is 0.276 e. The van der Waals surface area contributed by atoms with Crippen LogP contribution in [0.2, 0.25) is 0 Å². The van der Waals surface area contributed by atoms with Crippen LogP contribution in [0.15, 0.2) is 12.5 Å². The molecule has 1 unspecified atom stereocenters. The lowest BCUT2D eigenvalue weighted by atomic mass is 9.97. The van der Waals surface area contributed by atoms with Gasteiger partial charge in [0.05, 0.1) is 6.20 Å². The van der Waals surface area contributed by atoms with Gasteiger partial charge in [0.25, 0.3) is 5.91 Å². The van der Waals surface area contributed by atoms with E-state index in [1.54, 1.807) is 11.2 Å². The summed E-state index contributed by atoms with van der Waals surface area (Å²) in [5.74, 6) is 1.08. The number of aryl methyl sites for hydroxylation is 1.